The number of para-hydroxylation sites is 1. The topological polar surface area (TPSA) is 92.3 Å². The largest absolute Gasteiger partial charge is 0.451 e. The summed E-state index contributed by atoms with van der Waals surface area (Å²) in [6.45, 7) is 1.78. The lowest BCUT2D eigenvalue weighted by atomic mass is 9.90. The van der Waals surface area contributed by atoms with E-state index in [9.17, 15) is 14.9 Å². The molecule has 0 fully saturated rings. The molecule has 0 spiro atoms. The number of nitrogens with zero attached hydrogens (tertiary/aromatic N) is 1. The lowest BCUT2D eigenvalue weighted by Crippen LogP contribution is -2.20. The molecule has 6 nitrogen and oxygen atoms in total. The van der Waals surface area contributed by atoms with Gasteiger partial charge in [-0.25, -0.2) is 4.79 Å². The summed E-state index contributed by atoms with van der Waals surface area (Å²) in [5, 5.41) is 12.5. The highest BCUT2D eigenvalue weighted by molar-refractivity contribution is 7.14. The fourth-order valence-electron chi connectivity index (χ4n) is 3.43. The summed E-state index contributed by atoms with van der Waals surface area (Å²) >= 11 is 1.45. The van der Waals surface area contributed by atoms with Crippen molar-refractivity contribution in [3.05, 3.63) is 51.4 Å². The van der Waals surface area contributed by atoms with Gasteiger partial charge < -0.3 is 14.5 Å². The molecule has 0 saturated heterocycles. The Morgan fingerprint density at radius 2 is 2.21 bits per heavy atom. The van der Waals surface area contributed by atoms with Gasteiger partial charge in [0.15, 0.2) is 6.61 Å². The van der Waals surface area contributed by atoms with E-state index >= 15 is 0 Å². The average Bonchev–Trinajstić information content (AvgIpc) is 3.27. The smallest absolute Gasteiger partial charge is 0.348 e. The van der Waals surface area contributed by atoms with Gasteiger partial charge in [-0.3, -0.25) is 4.79 Å². The van der Waals surface area contributed by atoms with Crippen LogP contribution in [0.25, 0.3) is 11.0 Å². The number of aryl methyl sites for hydroxylation is 1. The Labute approximate surface area is 165 Å². The molecule has 1 aromatic carbocycles. The number of hydrogen-bond acceptors (Lipinski definition) is 6. The minimum atomic E-state index is -0.522. The maximum atomic E-state index is 12.3. The molecule has 142 valence electrons. The molecule has 1 atom stereocenters. The Hall–Kier alpha value is -3.11. The molecule has 7 heteroatoms. The third kappa shape index (κ3) is 3.51. The van der Waals surface area contributed by atoms with Crippen molar-refractivity contribution in [2.24, 2.45) is 5.92 Å². The third-order valence-electron chi connectivity index (χ3n) is 4.83. The zero-order valence-corrected chi connectivity index (χ0v) is 16.1. The number of furan rings is 1. The minimum absolute atomic E-state index is 0.0147. The van der Waals surface area contributed by atoms with Crippen LogP contribution in [0.1, 0.15) is 39.2 Å². The van der Waals surface area contributed by atoms with Gasteiger partial charge in [0.25, 0.3) is 5.91 Å². The van der Waals surface area contributed by atoms with Gasteiger partial charge >= 0.3 is 5.97 Å². The SMILES string of the molecule is C[C@@H]1CCc2sc(C(=O)OCC(=O)Nc3c(C#N)oc4ccccc34)cc2C1. The molecular weight excluding hydrogens is 376 g/mol. The number of thiophene rings is 1. The van der Waals surface area contributed by atoms with E-state index in [-0.39, 0.29) is 5.76 Å². The molecule has 0 unspecified atom stereocenters. The maximum Gasteiger partial charge on any atom is 0.348 e. The molecule has 0 aliphatic heterocycles. The Kier molecular flexibility index (Phi) is 4.88. The van der Waals surface area contributed by atoms with Crippen molar-refractivity contribution in [3.63, 3.8) is 0 Å². The number of anilines is 1. The van der Waals surface area contributed by atoms with Crippen LogP contribution in [0, 0.1) is 17.2 Å². The fourth-order valence-corrected chi connectivity index (χ4v) is 4.53. The van der Waals surface area contributed by atoms with E-state index in [0.29, 0.717) is 27.5 Å². The number of hydrogen-bond donors (Lipinski definition) is 1. The van der Waals surface area contributed by atoms with Crippen LogP contribution in [0.2, 0.25) is 0 Å². The Morgan fingerprint density at radius 1 is 1.39 bits per heavy atom. The van der Waals surface area contributed by atoms with Crippen molar-refractivity contribution in [2.45, 2.75) is 26.2 Å². The monoisotopic (exact) mass is 394 g/mol. The first kappa shape index (κ1) is 18.3. The number of carbonyl (C=O) groups is 2. The third-order valence-corrected chi connectivity index (χ3v) is 6.04. The number of nitrogens with one attached hydrogen (secondary N) is 1. The Bertz CT molecular complexity index is 1110. The van der Waals surface area contributed by atoms with Crippen LogP contribution < -0.4 is 5.32 Å². The van der Waals surface area contributed by atoms with Gasteiger partial charge in [-0.1, -0.05) is 19.1 Å². The molecule has 3 aromatic rings. The highest BCUT2D eigenvalue weighted by Crippen LogP contribution is 2.33. The molecule has 2 aromatic heterocycles. The zero-order valence-electron chi connectivity index (χ0n) is 15.3. The van der Waals surface area contributed by atoms with Gasteiger partial charge in [0, 0.05) is 10.3 Å². The molecule has 1 aliphatic rings. The van der Waals surface area contributed by atoms with E-state index in [0.717, 1.165) is 19.3 Å². The van der Waals surface area contributed by atoms with E-state index in [4.69, 9.17) is 9.15 Å². The lowest BCUT2D eigenvalue weighted by Gasteiger charge is -2.16. The van der Waals surface area contributed by atoms with Crippen molar-refractivity contribution in [3.8, 4) is 6.07 Å². The summed E-state index contributed by atoms with van der Waals surface area (Å²) in [5.41, 5.74) is 2.01. The fraction of sp³-hybridized carbons (Fsp3) is 0.286. The highest BCUT2D eigenvalue weighted by atomic mass is 32.1. The van der Waals surface area contributed by atoms with Crippen LogP contribution in [-0.4, -0.2) is 18.5 Å². The predicted octanol–water partition coefficient (Wildman–Crippen LogP) is 4.29. The summed E-state index contributed by atoms with van der Waals surface area (Å²) < 4.78 is 10.6. The molecule has 28 heavy (non-hydrogen) atoms. The standard InChI is InChI=1S/C21H18N2O4S/c1-12-6-7-17-13(8-12)9-18(28-17)21(25)26-11-19(24)23-20-14-4-2-3-5-15(14)27-16(20)10-22/h2-5,9,12H,6-8,11H2,1H3,(H,23,24)/t12-/m1/s1. The first-order valence-corrected chi connectivity index (χ1v) is 9.87. The summed E-state index contributed by atoms with van der Waals surface area (Å²) in [5.74, 6) is -0.386. The number of esters is 1. The van der Waals surface area contributed by atoms with Gasteiger partial charge in [0.1, 0.15) is 22.2 Å². The van der Waals surface area contributed by atoms with E-state index < -0.39 is 18.5 Å². The molecule has 1 N–H and O–H groups in total. The van der Waals surface area contributed by atoms with Crippen LogP contribution in [0.4, 0.5) is 5.69 Å². The van der Waals surface area contributed by atoms with Crippen LogP contribution in [-0.2, 0) is 22.4 Å². The molecule has 1 amide bonds. The highest BCUT2D eigenvalue weighted by Gasteiger charge is 2.22. The van der Waals surface area contributed by atoms with Crippen LogP contribution >= 0.6 is 11.3 Å². The number of fused-ring (bicyclic) bond motifs is 2. The van der Waals surface area contributed by atoms with Crippen molar-refractivity contribution < 1.29 is 18.7 Å². The molecule has 0 radical (unpaired) electrons. The maximum absolute atomic E-state index is 12.3. The van der Waals surface area contributed by atoms with Gasteiger partial charge in [-0.05, 0) is 48.9 Å². The number of rotatable bonds is 4. The van der Waals surface area contributed by atoms with Crippen LogP contribution in [0.3, 0.4) is 0 Å². The molecule has 0 saturated carbocycles. The molecular formula is C21H18N2O4S. The normalized spacial score (nSPS) is 15.6. The summed E-state index contributed by atoms with van der Waals surface area (Å²) in [6, 6.07) is 10.8. The number of amides is 1. The number of benzene rings is 1. The first-order chi connectivity index (χ1) is 13.5. The molecule has 1 aliphatic carbocycles. The summed E-state index contributed by atoms with van der Waals surface area (Å²) in [7, 11) is 0. The van der Waals surface area contributed by atoms with Gasteiger partial charge in [0.2, 0.25) is 5.76 Å². The molecule has 0 bridgehead atoms. The Morgan fingerprint density at radius 3 is 3.04 bits per heavy atom. The summed E-state index contributed by atoms with van der Waals surface area (Å²) in [6.07, 6.45) is 3.09. The second kappa shape index (κ2) is 7.49. The van der Waals surface area contributed by atoms with Crippen LogP contribution in [0.5, 0.6) is 0 Å². The lowest BCUT2D eigenvalue weighted by molar-refractivity contribution is -0.119. The van der Waals surface area contributed by atoms with E-state index in [2.05, 4.69) is 12.2 Å². The van der Waals surface area contributed by atoms with E-state index in [1.165, 1.54) is 21.8 Å². The van der Waals surface area contributed by atoms with E-state index in [1.54, 1.807) is 24.3 Å². The first-order valence-electron chi connectivity index (χ1n) is 9.05. The van der Waals surface area contributed by atoms with Crippen LogP contribution in [0.15, 0.2) is 34.7 Å². The predicted molar refractivity (Wildman–Crippen MR) is 105 cm³/mol. The minimum Gasteiger partial charge on any atom is -0.451 e. The van der Waals surface area contributed by atoms with Gasteiger partial charge in [-0.15, -0.1) is 11.3 Å². The van der Waals surface area contributed by atoms with E-state index in [1.807, 2.05) is 12.1 Å². The van der Waals surface area contributed by atoms with Gasteiger partial charge in [-0.2, -0.15) is 5.26 Å². The molecule has 4 rings (SSSR count). The number of ether oxygens (including phenoxy) is 1. The quantitative estimate of drug-likeness (QED) is 0.667. The summed E-state index contributed by atoms with van der Waals surface area (Å²) in [4.78, 5) is 26.3. The number of carbonyl (C=O) groups excluding carboxylic acids is 2. The second-order valence-corrected chi connectivity index (χ2v) is 8.08. The molecule has 2 heterocycles. The van der Waals surface area contributed by atoms with Crippen molar-refractivity contribution in [1.29, 1.82) is 5.26 Å². The number of nitriles is 1. The van der Waals surface area contributed by atoms with Gasteiger partial charge in [0.05, 0.1) is 0 Å². The second-order valence-electron chi connectivity index (χ2n) is 6.95. The Balaban J connectivity index is 1.41. The average molecular weight is 394 g/mol. The van der Waals surface area contributed by atoms with Crippen molar-refractivity contribution in [2.75, 3.05) is 11.9 Å². The van der Waals surface area contributed by atoms with Crippen molar-refractivity contribution in [1.82, 2.24) is 0 Å². The van der Waals surface area contributed by atoms with Crippen molar-refractivity contribution >= 4 is 39.9 Å². The zero-order chi connectivity index (χ0) is 19.7.